The van der Waals surface area contributed by atoms with Crippen molar-refractivity contribution in [3.05, 3.63) is 57.6 Å². The van der Waals surface area contributed by atoms with Gasteiger partial charge < -0.3 is 10.8 Å². The fourth-order valence-corrected chi connectivity index (χ4v) is 5.27. The highest BCUT2D eigenvalue weighted by molar-refractivity contribution is 5.81. The highest BCUT2D eigenvalue weighted by Crippen LogP contribution is 2.45. The van der Waals surface area contributed by atoms with Crippen molar-refractivity contribution >= 4 is 0 Å². The molecular weight excluding hydrogens is 342 g/mol. The van der Waals surface area contributed by atoms with Crippen LogP contribution in [-0.4, -0.2) is 5.11 Å². The fraction of sp³-hybridized carbons (Fsp3) is 0.538. The second-order valence-corrected chi connectivity index (χ2v) is 9.95. The van der Waals surface area contributed by atoms with E-state index in [1.54, 1.807) is 0 Å². The number of aryl methyl sites for hydroxylation is 2. The highest BCUT2D eigenvalue weighted by Gasteiger charge is 2.32. The predicted molar refractivity (Wildman–Crippen MR) is 118 cm³/mol. The van der Waals surface area contributed by atoms with Gasteiger partial charge in [0.2, 0.25) is 0 Å². The molecule has 0 radical (unpaired) electrons. The SMILES string of the molecule is CC(C)(N)c1ccc2c(c1-c1c(C(C)(C)O)ccc3c1CCCC3)CCCC2. The van der Waals surface area contributed by atoms with Crippen LogP contribution >= 0.6 is 0 Å². The predicted octanol–water partition coefficient (Wildman–Crippen LogP) is 5.53. The van der Waals surface area contributed by atoms with E-state index < -0.39 is 11.1 Å². The number of aliphatic hydroxyl groups is 1. The van der Waals surface area contributed by atoms with Crippen LogP contribution < -0.4 is 5.73 Å². The van der Waals surface area contributed by atoms with E-state index >= 15 is 0 Å². The fourth-order valence-electron chi connectivity index (χ4n) is 5.27. The third-order valence-electron chi connectivity index (χ3n) is 6.67. The molecule has 2 nitrogen and oxygen atoms in total. The number of fused-ring (bicyclic) bond motifs is 2. The van der Waals surface area contributed by atoms with Gasteiger partial charge in [-0.1, -0.05) is 24.3 Å². The summed E-state index contributed by atoms with van der Waals surface area (Å²) in [6.07, 6.45) is 9.50. The third-order valence-corrected chi connectivity index (χ3v) is 6.67. The Kier molecular flexibility index (Phi) is 4.92. The van der Waals surface area contributed by atoms with Crippen molar-refractivity contribution in [2.45, 2.75) is 90.2 Å². The molecule has 0 aliphatic heterocycles. The van der Waals surface area contributed by atoms with Crippen molar-refractivity contribution in [1.29, 1.82) is 0 Å². The first-order valence-electron chi connectivity index (χ1n) is 11.0. The summed E-state index contributed by atoms with van der Waals surface area (Å²) in [4.78, 5) is 0. The maximum absolute atomic E-state index is 11.1. The molecule has 0 amide bonds. The van der Waals surface area contributed by atoms with Gasteiger partial charge in [-0.05, 0) is 124 Å². The maximum atomic E-state index is 11.1. The van der Waals surface area contributed by atoms with Crippen LogP contribution in [0.4, 0.5) is 0 Å². The van der Waals surface area contributed by atoms with Crippen molar-refractivity contribution in [1.82, 2.24) is 0 Å². The summed E-state index contributed by atoms with van der Waals surface area (Å²) in [7, 11) is 0. The molecule has 3 N–H and O–H groups in total. The minimum atomic E-state index is -0.880. The number of benzene rings is 2. The first-order valence-corrected chi connectivity index (χ1v) is 11.0. The lowest BCUT2D eigenvalue weighted by molar-refractivity contribution is 0.0791. The Hall–Kier alpha value is -1.64. The van der Waals surface area contributed by atoms with Gasteiger partial charge in [0.25, 0.3) is 0 Å². The first-order chi connectivity index (χ1) is 13.2. The molecule has 0 saturated heterocycles. The lowest BCUT2D eigenvalue weighted by Gasteiger charge is -2.34. The van der Waals surface area contributed by atoms with Crippen molar-refractivity contribution in [2.75, 3.05) is 0 Å². The second kappa shape index (κ2) is 7.00. The maximum Gasteiger partial charge on any atom is 0.0846 e. The number of rotatable bonds is 3. The lowest BCUT2D eigenvalue weighted by atomic mass is 9.73. The van der Waals surface area contributed by atoms with Crippen molar-refractivity contribution in [3.8, 4) is 11.1 Å². The molecule has 2 aliphatic carbocycles. The topological polar surface area (TPSA) is 46.2 Å². The lowest BCUT2D eigenvalue weighted by Crippen LogP contribution is -2.31. The van der Waals surface area contributed by atoms with Gasteiger partial charge in [-0.25, -0.2) is 0 Å². The van der Waals surface area contributed by atoms with E-state index in [0.29, 0.717) is 0 Å². The number of hydrogen-bond donors (Lipinski definition) is 2. The molecule has 0 bridgehead atoms. The molecule has 0 atom stereocenters. The van der Waals surface area contributed by atoms with Crippen LogP contribution in [0.25, 0.3) is 11.1 Å². The highest BCUT2D eigenvalue weighted by atomic mass is 16.3. The van der Waals surface area contributed by atoms with Crippen LogP contribution in [-0.2, 0) is 36.8 Å². The molecule has 0 unspecified atom stereocenters. The molecule has 28 heavy (non-hydrogen) atoms. The average molecular weight is 378 g/mol. The molecule has 0 fully saturated rings. The Morgan fingerprint density at radius 1 is 0.679 bits per heavy atom. The van der Waals surface area contributed by atoms with E-state index in [9.17, 15) is 5.11 Å². The van der Waals surface area contributed by atoms with Gasteiger partial charge in [0, 0.05) is 5.54 Å². The zero-order valence-corrected chi connectivity index (χ0v) is 18.0. The smallest absolute Gasteiger partial charge is 0.0846 e. The van der Waals surface area contributed by atoms with Crippen molar-refractivity contribution in [2.24, 2.45) is 5.73 Å². The van der Waals surface area contributed by atoms with Crippen molar-refractivity contribution < 1.29 is 5.11 Å². The van der Waals surface area contributed by atoms with Gasteiger partial charge in [0.15, 0.2) is 0 Å². The van der Waals surface area contributed by atoms with E-state index in [2.05, 4.69) is 38.1 Å². The largest absolute Gasteiger partial charge is 0.386 e. The number of hydrogen-bond acceptors (Lipinski definition) is 2. The summed E-state index contributed by atoms with van der Waals surface area (Å²) >= 11 is 0. The Morgan fingerprint density at radius 2 is 1.11 bits per heavy atom. The van der Waals surface area contributed by atoms with Crippen LogP contribution in [0.15, 0.2) is 24.3 Å². The Morgan fingerprint density at radius 3 is 1.57 bits per heavy atom. The zero-order valence-electron chi connectivity index (χ0n) is 18.0. The molecule has 0 saturated carbocycles. The minimum Gasteiger partial charge on any atom is -0.386 e. The summed E-state index contributed by atoms with van der Waals surface area (Å²) in [5.41, 5.74) is 16.2. The summed E-state index contributed by atoms with van der Waals surface area (Å²) in [6.45, 7) is 8.06. The van der Waals surface area contributed by atoms with Gasteiger partial charge in [-0.15, -0.1) is 0 Å². The normalized spacial score (nSPS) is 17.2. The van der Waals surface area contributed by atoms with Gasteiger partial charge >= 0.3 is 0 Å². The summed E-state index contributed by atoms with van der Waals surface area (Å²) < 4.78 is 0. The van der Waals surface area contributed by atoms with Gasteiger partial charge in [-0.3, -0.25) is 0 Å². The van der Waals surface area contributed by atoms with Crippen LogP contribution in [0.3, 0.4) is 0 Å². The van der Waals surface area contributed by atoms with Crippen LogP contribution in [0, 0.1) is 0 Å². The van der Waals surface area contributed by atoms with E-state index in [1.807, 2.05) is 13.8 Å². The Labute approximate surface area is 170 Å². The Balaban J connectivity index is 2.12. The van der Waals surface area contributed by atoms with E-state index in [0.717, 1.165) is 31.2 Å². The molecule has 0 aromatic heterocycles. The molecule has 0 spiro atoms. The van der Waals surface area contributed by atoms with Crippen LogP contribution in [0.1, 0.15) is 86.8 Å². The van der Waals surface area contributed by atoms with E-state index in [-0.39, 0.29) is 0 Å². The summed E-state index contributed by atoms with van der Waals surface area (Å²) in [5, 5.41) is 11.1. The van der Waals surface area contributed by atoms with Gasteiger partial charge in [0.1, 0.15) is 0 Å². The molecular formula is C26H35NO. The van der Waals surface area contributed by atoms with E-state index in [1.165, 1.54) is 64.6 Å². The van der Waals surface area contributed by atoms with Crippen molar-refractivity contribution in [3.63, 3.8) is 0 Å². The number of nitrogens with two attached hydrogens (primary N) is 1. The summed E-state index contributed by atoms with van der Waals surface area (Å²) in [5.74, 6) is 0. The van der Waals surface area contributed by atoms with Crippen LogP contribution in [0.5, 0.6) is 0 Å². The second-order valence-electron chi connectivity index (χ2n) is 9.95. The molecule has 150 valence electrons. The first kappa shape index (κ1) is 19.7. The molecule has 0 heterocycles. The quantitative estimate of drug-likeness (QED) is 0.738. The van der Waals surface area contributed by atoms with Gasteiger partial charge in [0.05, 0.1) is 5.60 Å². The molecule has 2 aliphatic rings. The monoisotopic (exact) mass is 377 g/mol. The standard InChI is InChI=1S/C26H35NO/c1-25(2,27)21-15-13-17-9-5-7-11-19(17)23(21)24-20-12-8-6-10-18(20)14-16-22(24)26(3,4)28/h13-16,28H,5-12,27H2,1-4H3. The molecule has 2 heteroatoms. The molecule has 4 rings (SSSR count). The minimum absolute atomic E-state index is 0.421. The third kappa shape index (κ3) is 3.42. The Bertz CT molecular complexity index is 821. The molecule has 2 aromatic rings. The summed E-state index contributed by atoms with van der Waals surface area (Å²) in [6, 6.07) is 9.00. The van der Waals surface area contributed by atoms with E-state index in [4.69, 9.17) is 5.73 Å². The zero-order chi connectivity index (χ0) is 20.1. The average Bonchev–Trinajstić information content (AvgIpc) is 2.64. The van der Waals surface area contributed by atoms with Crippen LogP contribution in [0.2, 0.25) is 0 Å². The van der Waals surface area contributed by atoms with Gasteiger partial charge in [-0.2, -0.15) is 0 Å². The molecule has 2 aromatic carbocycles.